The van der Waals surface area contributed by atoms with Gasteiger partial charge in [0, 0.05) is 66.7 Å². The summed E-state index contributed by atoms with van der Waals surface area (Å²) < 4.78 is 4.76. The smallest absolute Gasteiger partial charge is 0.0541 e. The molecule has 0 aliphatic carbocycles. The maximum atomic E-state index is 2.38. The van der Waals surface area contributed by atoms with Crippen molar-refractivity contribution < 1.29 is 0 Å². The average Bonchev–Trinajstić information content (AvgIpc) is 1.63. The van der Waals surface area contributed by atoms with Crippen molar-refractivity contribution in [2.75, 3.05) is 9.80 Å². The molecule has 2 aromatic heterocycles. The number of aromatic nitrogens is 2. The summed E-state index contributed by atoms with van der Waals surface area (Å²) in [6.07, 6.45) is 0. The molecule has 0 aliphatic rings. The fraction of sp³-hybridized carbons (Fsp3) is 0. The monoisotopic (exact) mass is 1220 g/mol. The summed E-state index contributed by atoms with van der Waals surface area (Å²) in [6.45, 7) is 0. The molecule has 2 heterocycles. The first-order chi connectivity index (χ1) is 47.6. The second-order valence-corrected chi connectivity index (χ2v) is 24.5. The molecule has 0 bridgehead atoms. The first kappa shape index (κ1) is 57.2. The largest absolute Gasteiger partial charge is 0.310 e. The van der Waals surface area contributed by atoms with E-state index in [0.29, 0.717) is 0 Å². The van der Waals surface area contributed by atoms with Gasteiger partial charge in [0.2, 0.25) is 0 Å². The van der Waals surface area contributed by atoms with E-state index in [2.05, 4.69) is 407 Å². The van der Waals surface area contributed by atoms with Crippen LogP contribution in [0.5, 0.6) is 0 Å². The Morgan fingerprint density at radius 2 is 0.469 bits per heavy atom. The molecule has 16 aromatic carbocycles. The topological polar surface area (TPSA) is 16.3 Å². The third-order valence-corrected chi connectivity index (χ3v) is 18.8. The van der Waals surface area contributed by atoms with Crippen molar-refractivity contribution in [2.24, 2.45) is 0 Å². The highest BCUT2D eigenvalue weighted by Gasteiger charge is 2.19. The van der Waals surface area contributed by atoms with E-state index in [1.807, 2.05) is 0 Å². The molecular weight excluding hydrogens is 1160 g/mol. The van der Waals surface area contributed by atoms with Crippen LogP contribution in [0.2, 0.25) is 0 Å². The van der Waals surface area contributed by atoms with E-state index in [4.69, 9.17) is 0 Å². The quantitative estimate of drug-likeness (QED) is 0.121. The van der Waals surface area contributed by atoms with Crippen molar-refractivity contribution in [3.05, 3.63) is 388 Å². The summed E-state index contributed by atoms with van der Waals surface area (Å²) in [5.41, 5.74) is 23.5. The maximum absolute atomic E-state index is 2.38. The van der Waals surface area contributed by atoms with Gasteiger partial charge >= 0.3 is 0 Å². The summed E-state index contributed by atoms with van der Waals surface area (Å²) in [5.74, 6) is 0. The molecule has 0 amide bonds. The maximum Gasteiger partial charge on any atom is 0.0541 e. The number of fused-ring (bicyclic) bond motifs is 8. The standard InChI is InChI=1S/2C46H32N2/c1-2-12-33(13-3-1)34-24-28-38(29-25-34)47(44-23-11-15-36-14-4-5-18-41(36)44)39-30-26-35(27-31-39)37-16-10-17-40(32-37)48-45-21-8-6-19-42(45)43-20-7-9-22-46(43)48;1-2-11-33(12-3-1)35-21-26-39(27-22-35)47(42-30-25-34-13-4-5-14-37(34)32-42)40-28-23-36(24-29-40)38-15-10-16-41(31-38)48-45-19-8-6-17-43(45)44-18-7-9-20-46(44)48/h2*1-32H. The fourth-order valence-electron chi connectivity index (χ4n) is 14.1. The van der Waals surface area contributed by atoms with Crippen molar-refractivity contribution in [1.82, 2.24) is 9.13 Å². The van der Waals surface area contributed by atoms with Crippen molar-refractivity contribution >= 4 is 99.3 Å². The lowest BCUT2D eigenvalue weighted by atomic mass is 10.0. The van der Waals surface area contributed by atoms with Gasteiger partial charge in [-0.2, -0.15) is 0 Å². The minimum atomic E-state index is 1.11. The van der Waals surface area contributed by atoms with Crippen LogP contribution in [0.1, 0.15) is 0 Å². The first-order valence-corrected chi connectivity index (χ1v) is 32.9. The van der Waals surface area contributed by atoms with Gasteiger partial charge < -0.3 is 18.9 Å². The van der Waals surface area contributed by atoms with Gasteiger partial charge in [0.15, 0.2) is 0 Å². The molecule has 0 atom stereocenters. The number of para-hydroxylation sites is 4. The van der Waals surface area contributed by atoms with Crippen LogP contribution < -0.4 is 9.80 Å². The summed E-state index contributed by atoms with van der Waals surface area (Å²) >= 11 is 0. The first-order valence-electron chi connectivity index (χ1n) is 32.9. The highest BCUT2D eigenvalue weighted by Crippen LogP contribution is 2.43. The molecule has 0 saturated carbocycles. The van der Waals surface area contributed by atoms with E-state index in [0.717, 1.165) is 45.5 Å². The Morgan fingerprint density at radius 3 is 0.906 bits per heavy atom. The minimum Gasteiger partial charge on any atom is -0.310 e. The van der Waals surface area contributed by atoms with Crippen LogP contribution in [0.25, 0.3) is 121 Å². The second-order valence-electron chi connectivity index (χ2n) is 24.5. The Kier molecular flexibility index (Phi) is 14.9. The minimum absolute atomic E-state index is 1.11. The Hall–Kier alpha value is -12.8. The normalized spacial score (nSPS) is 11.3. The number of hydrogen-bond donors (Lipinski definition) is 0. The van der Waals surface area contributed by atoms with Crippen LogP contribution in [0.15, 0.2) is 388 Å². The molecule has 96 heavy (non-hydrogen) atoms. The average molecular weight is 1230 g/mol. The van der Waals surface area contributed by atoms with Gasteiger partial charge in [0.05, 0.1) is 27.8 Å². The van der Waals surface area contributed by atoms with Crippen molar-refractivity contribution in [1.29, 1.82) is 0 Å². The molecule has 0 N–H and O–H groups in total. The zero-order chi connectivity index (χ0) is 63.7. The van der Waals surface area contributed by atoms with Crippen molar-refractivity contribution in [3.8, 4) is 55.9 Å². The lowest BCUT2D eigenvalue weighted by Gasteiger charge is -2.27. The van der Waals surface area contributed by atoms with E-state index < -0.39 is 0 Å². The summed E-state index contributed by atoms with van der Waals surface area (Å²) in [6, 6.07) is 140. The molecule has 452 valence electrons. The molecule has 18 aromatic rings. The highest BCUT2D eigenvalue weighted by molar-refractivity contribution is 6.10. The van der Waals surface area contributed by atoms with Gasteiger partial charge in [-0.05, 0) is 176 Å². The molecule has 0 radical (unpaired) electrons. The van der Waals surface area contributed by atoms with Crippen LogP contribution in [0.4, 0.5) is 34.1 Å². The second kappa shape index (κ2) is 25.0. The van der Waals surface area contributed by atoms with E-state index in [1.54, 1.807) is 0 Å². The molecule has 0 unspecified atom stereocenters. The molecule has 0 fully saturated rings. The zero-order valence-corrected chi connectivity index (χ0v) is 52.7. The van der Waals surface area contributed by atoms with Gasteiger partial charge in [-0.25, -0.2) is 0 Å². The van der Waals surface area contributed by atoms with E-state index >= 15 is 0 Å². The van der Waals surface area contributed by atoms with Crippen LogP contribution in [-0.2, 0) is 0 Å². The number of benzene rings is 16. The number of anilines is 6. The van der Waals surface area contributed by atoms with Crippen LogP contribution in [0.3, 0.4) is 0 Å². The molecular formula is C92H64N4. The molecule has 0 spiro atoms. The van der Waals surface area contributed by atoms with Gasteiger partial charge in [-0.3, -0.25) is 0 Å². The van der Waals surface area contributed by atoms with Gasteiger partial charge in [-0.15, -0.1) is 0 Å². The van der Waals surface area contributed by atoms with Gasteiger partial charge in [0.25, 0.3) is 0 Å². The molecule has 0 aliphatic heterocycles. The van der Waals surface area contributed by atoms with Gasteiger partial charge in [-0.1, -0.05) is 273 Å². The fourth-order valence-corrected chi connectivity index (χ4v) is 14.1. The summed E-state index contributed by atoms with van der Waals surface area (Å²) in [5, 5.41) is 9.98. The van der Waals surface area contributed by atoms with Crippen molar-refractivity contribution in [2.45, 2.75) is 0 Å². The zero-order valence-electron chi connectivity index (χ0n) is 52.7. The van der Waals surface area contributed by atoms with Gasteiger partial charge in [0.1, 0.15) is 0 Å². The number of rotatable bonds is 12. The molecule has 18 rings (SSSR count). The lowest BCUT2D eigenvalue weighted by molar-refractivity contribution is 1.18. The third kappa shape index (κ3) is 10.8. The highest BCUT2D eigenvalue weighted by atomic mass is 15.1. The predicted molar refractivity (Wildman–Crippen MR) is 408 cm³/mol. The van der Waals surface area contributed by atoms with E-state index in [9.17, 15) is 0 Å². The Morgan fingerprint density at radius 1 is 0.167 bits per heavy atom. The van der Waals surface area contributed by atoms with Crippen LogP contribution in [-0.4, -0.2) is 9.13 Å². The molecule has 4 nitrogen and oxygen atoms in total. The van der Waals surface area contributed by atoms with Crippen LogP contribution in [0, 0.1) is 0 Å². The van der Waals surface area contributed by atoms with E-state index in [1.165, 1.54) is 110 Å². The summed E-state index contributed by atoms with van der Waals surface area (Å²) in [7, 11) is 0. The molecule has 0 saturated heterocycles. The third-order valence-electron chi connectivity index (χ3n) is 18.8. The number of nitrogens with zero attached hydrogens (tertiary/aromatic N) is 4. The van der Waals surface area contributed by atoms with Crippen molar-refractivity contribution in [3.63, 3.8) is 0 Å². The Bertz CT molecular complexity index is 5690. The lowest BCUT2D eigenvalue weighted by Crippen LogP contribution is -2.10. The Labute approximate surface area is 559 Å². The molecule has 4 heteroatoms. The summed E-state index contributed by atoms with van der Waals surface area (Å²) in [4.78, 5) is 4.72. The number of hydrogen-bond acceptors (Lipinski definition) is 2. The van der Waals surface area contributed by atoms with E-state index in [-0.39, 0.29) is 0 Å². The predicted octanol–water partition coefficient (Wildman–Crippen LogP) is 25.5. The Balaban J connectivity index is 0.000000145. The van der Waals surface area contributed by atoms with Crippen LogP contribution >= 0.6 is 0 Å². The SMILES string of the molecule is c1ccc(-c2ccc(N(c3ccc(-c4cccc(-n5c6ccccc6c6ccccc65)c4)cc3)c3ccc4ccccc4c3)cc2)cc1.c1ccc(-c2ccc(N(c3ccc(-c4cccc(-n5c6ccccc6c6ccccc65)c4)cc3)c3cccc4ccccc34)cc2)cc1.